The zero-order valence-electron chi connectivity index (χ0n) is 22.1. The summed E-state index contributed by atoms with van der Waals surface area (Å²) in [6.45, 7) is 0.608. The van der Waals surface area contributed by atoms with Crippen LogP contribution in [0.15, 0.2) is 72.8 Å². The van der Waals surface area contributed by atoms with E-state index in [0.29, 0.717) is 16.8 Å². The number of hydrogen-bond donors (Lipinski definition) is 0. The molecule has 5 rings (SSSR count). The Balaban J connectivity index is 1.58. The van der Waals surface area contributed by atoms with E-state index >= 15 is 0 Å². The summed E-state index contributed by atoms with van der Waals surface area (Å²) in [5.74, 6) is -2.33. The monoisotopic (exact) mass is 623 g/mol. The quantitative estimate of drug-likeness (QED) is 0.176. The fourth-order valence-electron chi connectivity index (χ4n) is 4.85. The van der Waals surface area contributed by atoms with Crippen molar-refractivity contribution in [1.82, 2.24) is 9.97 Å². The van der Waals surface area contributed by atoms with Gasteiger partial charge in [-0.15, -0.1) is 0 Å². The molecule has 0 radical (unpaired) electrons. The maximum Gasteiger partial charge on any atom is 0.451 e. The number of alkyl halides is 6. The lowest BCUT2D eigenvalue weighted by molar-refractivity contribution is -0.144. The first-order valence-electron chi connectivity index (χ1n) is 12.9. The first-order valence-corrected chi connectivity index (χ1v) is 14.1. The fourth-order valence-corrected chi connectivity index (χ4v) is 5.31. The molecule has 0 aliphatic carbocycles. The molecule has 1 fully saturated rings. The highest BCUT2D eigenvalue weighted by Crippen LogP contribution is 2.41. The molecule has 0 saturated carbocycles. The number of rotatable bonds is 6. The number of piperazine rings is 1. The van der Waals surface area contributed by atoms with Gasteiger partial charge in [-0.25, -0.2) is 14.4 Å². The SMILES string of the molecule is O=S([O-])Cc1ccc(-c2nc(C(F)(F)F)nc(N3CCN(c4cccc(C(F)(F)F)c4)CC3)c2-c2ccc(F)cc2)cc1. The second-order valence-corrected chi connectivity index (χ2v) is 10.7. The minimum Gasteiger partial charge on any atom is -0.772 e. The molecule has 0 N–H and O–H groups in total. The van der Waals surface area contributed by atoms with Crippen molar-refractivity contribution in [3.05, 3.63) is 95.6 Å². The summed E-state index contributed by atoms with van der Waals surface area (Å²) in [6, 6.07) is 15.7. The number of nitrogens with zero attached hydrogens (tertiary/aromatic N) is 4. The largest absolute Gasteiger partial charge is 0.772 e. The van der Waals surface area contributed by atoms with Gasteiger partial charge in [-0.1, -0.05) is 53.5 Å². The van der Waals surface area contributed by atoms with Crippen molar-refractivity contribution in [2.45, 2.75) is 18.1 Å². The lowest BCUT2D eigenvalue weighted by atomic mass is 9.98. The van der Waals surface area contributed by atoms with Gasteiger partial charge in [0.15, 0.2) is 0 Å². The molecule has 14 heteroatoms. The maximum absolute atomic E-state index is 14.1. The van der Waals surface area contributed by atoms with E-state index in [4.69, 9.17) is 0 Å². The number of benzene rings is 3. The molecule has 0 amide bonds. The Kier molecular flexibility index (Phi) is 8.43. The summed E-state index contributed by atoms with van der Waals surface area (Å²) >= 11 is -2.38. The highest BCUT2D eigenvalue weighted by molar-refractivity contribution is 7.78. The molecule has 4 aromatic rings. The smallest absolute Gasteiger partial charge is 0.451 e. The molecular formula is C29H22F7N4O2S-. The number of halogens is 7. The first kappa shape index (κ1) is 30.4. The molecule has 6 nitrogen and oxygen atoms in total. The predicted octanol–water partition coefficient (Wildman–Crippen LogP) is 6.69. The van der Waals surface area contributed by atoms with Crippen LogP contribution in [-0.2, 0) is 29.2 Å². The van der Waals surface area contributed by atoms with Crippen LogP contribution < -0.4 is 9.80 Å². The van der Waals surface area contributed by atoms with Crippen LogP contribution in [0.1, 0.15) is 17.0 Å². The summed E-state index contributed by atoms with van der Waals surface area (Å²) in [6.07, 6.45) is -9.46. The van der Waals surface area contributed by atoms with Crippen molar-refractivity contribution < 1.29 is 39.5 Å². The van der Waals surface area contributed by atoms with Gasteiger partial charge in [0, 0.05) is 43.2 Å². The third-order valence-corrected chi connectivity index (χ3v) is 7.48. The molecule has 2 heterocycles. The van der Waals surface area contributed by atoms with Crippen LogP contribution in [0.25, 0.3) is 22.4 Å². The summed E-state index contributed by atoms with van der Waals surface area (Å²) in [5, 5.41) is 0. The molecule has 1 saturated heterocycles. The van der Waals surface area contributed by atoms with E-state index in [0.717, 1.165) is 24.3 Å². The first-order chi connectivity index (χ1) is 20.3. The Bertz CT molecular complexity index is 1620. The molecule has 1 aliphatic rings. The Hall–Kier alpha value is -4.04. The van der Waals surface area contributed by atoms with Crippen LogP contribution in [0.4, 0.5) is 42.2 Å². The van der Waals surface area contributed by atoms with Gasteiger partial charge in [-0.2, -0.15) is 26.3 Å². The maximum atomic E-state index is 14.1. The van der Waals surface area contributed by atoms with Gasteiger partial charge in [0.2, 0.25) is 5.82 Å². The number of aromatic nitrogens is 2. The van der Waals surface area contributed by atoms with Crippen molar-refractivity contribution in [3.63, 3.8) is 0 Å². The minimum absolute atomic E-state index is 0.0719. The molecule has 1 unspecified atom stereocenters. The fraction of sp³-hybridized carbons (Fsp3) is 0.241. The summed E-state index contributed by atoms with van der Waals surface area (Å²) < 4.78 is 118. The van der Waals surface area contributed by atoms with Gasteiger partial charge in [0.05, 0.1) is 16.8 Å². The van der Waals surface area contributed by atoms with Crippen molar-refractivity contribution in [1.29, 1.82) is 0 Å². The third kappa shape index (κ3) is 6.96. The van der Waals surface area contributed by atoms with E-state index in [2.05, 4.69) is 9.97 Å². The van der Waals surface area contributed by atoms with E-state index in [1.165, 1.54) is 48.5 Å². The Morgan fingerprint density at radius 1 is 0.767 bits per heavy atom. The van der Waals surface area contributed by atoms with Gasteiger partial charge >= 0.3 is 12.4 Å². The average molecular weight is 624 g/mol. The Morgan fingerprint density at radius 3 is 1.95 bits per heavy atom. The summed E-state index contributed by atoms with van der Waals surface area (Å²) in [7, 11) is 0. The zero-order chi connectivity index (χ0) is 30.9. The van der Waals surface area contributed by atoms with Crippen LogP contribution in [0.3, 0.4) is 0 Å². The second kappa shape index (κ2) is 11.9. The van der Waals surface area contributed by atoms with Gasteiger partial charge < -0.3 is 14.4 Å². The van der Waals surface area contributed by atoms with Crippen molar-refractivity contribution >= 4 is 22.6 Å². The van der Waals surface area contributed by atoms with Gasteiger partial charge in [-0.05, 0) is 41.5 Å². The molecule has 226 valence electrons. The second-order valence-electron chi connectivity index (χ2n) is 9.77. The number of hydrogen-bond acceptors (Lipinski definition) is 6. The van der Waals surface area contributed by atoms with Crippen molar-refractivity contribution in [2.24, 2.45) is 0 Å². The zero-order valence-corrected chi connectivity index (χ0v) is 22.9. The van der Waals surface area contributed by atoms with E-state index in [-0.39, 0.29) is 54.6 Å². The van der Waals surface area contributed by atoms with Crippen molar-refractivity contribution in [2.75, 3.05) is 36.0 Å². The number of anilines is 2. The lowest BCUT2D eigenvalue weighted by Crippen LogP contribution is -2.47. The van der Waals surface area contributed by atoms with Gasteiger partial charge in [0.1, 0.15) is 11.6 Å². The van der Waals surface area contributed by atoms with E-state index in [9.17, 15) is 39.5 Å². The molecule has 1 atom stereocenters. The van der Waals surface area contributed by atoms with Crippen LogP contribution >= 0.6 is 0 Å². The van der Waals surface area contributed by atoms with E-state index in [1.807, 2.05) is 0 Å². The average Bonchev–Trinajstić information content (AvgIpc) is 2.96. The van der Waals surface area contributed by atoms with E-state index in [1.54, 1.807) is 9.80 Å². The van der Waals surface area contributed by atoms with Crippen LogP contribution in [-0.4, -0.2) is 44.9 Å². The Morgan fingerprint density at radius 2 is 1.37 bits per heavy atom. The Labute approximate surface area is 244 Å². The highest BCUT2D eigenvalue weighted by Gasteiger charge is 2.38. The molecule has 0 bridgehead atoms. The van der Waals surface area contributed by atoms with Crippen LogP contribution in [0.5, 0.6) is 0 Å². The van der Waals surface area contributed by atoms with Crippen molar-refractivity contribution in [3.8, 4) is 22.4 Å². The van der Waals surface area contributed by atoms with Crippen LogP contribution in [0, 0.1) is 5.82 Å². The molecule has 1 aromatic heterocycles. The predicted molar refractivity (Wildman–Crippen MR) is 146 cm³/mol. The summed E-state index contributed by atoms with van der Waals surface area (Å²) in [4.78, 5) is 11.1. The standard InChI is InChI=1S/C29H23F7N4O2S/c30-22-10-8-19(9-11-22)24-25(20-6-4-18(5-7-20)17-43(41)42)37-27(29(34,35)36)38-26(24)40-14-12-39(13-15-40)23-3-1-2-21(16-23)28(31,32)33/h1-11,16H,12-15,17H2,(H,41,42)/p-1. The minimum atomic E-state index is -4.93. The molecule has 3 aromatic carbocycles. The van der Waals surface area contributed by atoms with Crippen LogP contribution in [0.2, 0.25) is 0 Å². The topological polar surface area (TPSA) is 72.4 Å². The van der Waals surface area contributed by atoms with Gasteiger partial charge in [0.25, 0.3) is 0 Å². The van der Waals surface area contributed by atoms with Gasteiger partial charge in [-0.3, -0.25) is 4.21 Å². The normalized spacial score (nSPS) is 15.1. The molecule has 0 spiro atoms. The third-order valence-electron chi connectivity index (χ3n) is 6.91. The summed E-state index contributed by atoms with van der Waals surface area (Å²) in [5.41, 5.74) is 0.610. The molecular weight excluding hydrogens is 601 g/mol. The highest BCUT2D eigenvalue weighted by atomic mass is 32.2. The van der Waals surface area contributed by atoms with E-state index < -0.39 is 40.6 Å². The lowest BCUT2D eigenvalue weighted by Gasteiger charge is -2.38. The molecule has 1 aliphatic heterocycles. The molecule has 43 heavy (non-hydrogen) atoms.